The van der Waals surface area contributed by atoms with E-state index in [0.717, 1.165) is 19.6 Å². The molecular weight excluding hydrogens is 218 g/mol. The molecule has 1 heterocycles. The first-order chi connectivity index (χ1) is 7.75. The predicted molar refractivity (Wildman–Crippen MR) is 63.4 cm³/mol. The van der Waals surface area contributed by atoms with Gasteiger partial charge in [0.2, 0.25) is 0 Å². The van der Waals surface area contributed by atoms with E-state index >= 15 is 0 Å². The number of likely N-dealkylation sites (tertiary alicyclic amines) is 1. The molecule has 1 aromatic carbocycles. The summed E-state index contributed by atoms with van der Waals surface area (Å²) in [5.74, 6) is 0.184. The third kappa shape index (κ3) is 2.18. The second-order valence-corrected chi connectivity index (χ2v) is 4.87. The fourth-order valence-electron chi connectivity index (χ4n) is 2.95. The SMILES string of the molecule is O.O=C(O)C1[C@H]2CN(Cc3ccccc3)C[C@@H]12. The highest BCUT2D eigenvalue weighted by Gasteiger charge is 2.59. The predicted octanol–water partition coefficient (Wildman–Crippen LogP) is 0.624. The van der Waals surface area contributed by atoms with Gasteiger partial charge < -0.3 is 10.6 Å². The van der Waals surface area contributed by atoms with Gasteiger partial charge in [-0.1, -0.05) is 30.3 Å². The Balaban J connectivity index is 0.00000108. The number of carboxylic acid groups (broad SMARTS) is 1. The van der Waals surface area contributed by atoms with Crippen LogP contribution in [0.2, 0.25) is 0 Å². The molecule has 3 N–H and O–H groups in total. The average Bonchev–Trinajstić information content (AvgIpc) is 2.79. The van der Waals surface area contributed by atoms with Gasteiger partial charge in [-0.15, -0.1) is 0 Å². The van der Waals surface area contributed by atoms with E-state index in [9.17, 15) is 4.79 Å². The zero-order chi connectivity index (χ0) is 11.1. The summed E-state index contributed by atoms with van der Waals surface area (Å²) in [6.07, 6.45) is 0. The maximum Gasteiger partial charge on any atom is 0.307 e. The van der Waals surface area contributed by atoms with Crippen LogP contribution in [0.5, 0.6) is 0 Å². The van der Waals surface area contributed by atoms with Crippen molar-refractivity contribution < 1.29 is 15.4 Å². The van der Waals surface area contributed by atoms with Crippen molar-refractivity contribution in [3.05, 3.63) is 35.9 Å². The number of benzene rings is 1. The molecule has 1 aliphatic carbocycles. The van der Waals surface area contributed by atoms with Crippen LogP contribution in [0.4, 0.5) is 0 Å². The second kappa shape index (κ2) is 4.47. The molecular formula is C13H17NO3. The molecule has 0 radical (unpaired) electrons. The van der Waals surface area contributed by atoms with Crippen molar-refractivity contribution in [1.29, 1.82) is 0 Å². The van der Waals surface area contributed by atoms with Crippen molar-refractivity contribution in [3.8, 4) is 0 Å². The van der Waals surface area contributed by atoms with E-state index < -0.39 is 5.97 Å². The molecule has 0 bridgehead atoms. The Bertz CT molecular complexity index is 394. The number of hydrogen-bond acceptors (Lipinski definition) is 2. The largest absolute Gasteiger partial charge is 0.481 e. The van der Waals surface area contributed by atoms with Gasteiger partial charge in [-0.25, -0.2) is 0 Å². The van der Waals surface area contributed by atoms with Crippen molar-refractivity contribution in [1.82, 2.24) is 4.90 Å². The number of carboxylic acids is 1. The van der Waals surface area contributed by atoms with Crippen molar-refractivity contribution in [2.75, 3.05) is 13.1 Å². The third-order valence-corrected chi connectivity index (χ3v) is 3.80. The number of fused-ring (bicyclic) bond motifs is 1. The van der Waals surface area contributed by atoms with Gasteiger partial charge in [-0.05, 0) is 17.4 Å². The first kappa shape index (κ1) is 12.1. The molecule has 1 unspecified atom stereocenters. The topological polar surface area (TPSA) is 72.0 Å². The van der Waals surface area contributed by atoms with Crippen LogP contribution >= 0.6 is 0 Å². The first-order valence-electron chi connectivity index (χ1n) is 5.75. The standard InChI is InChI=1S/C13H15NO2.H2O/c15-13(16)12-10-7-14(8-11(10)12)6-9-4-2-1-3-5-9;/h1-5,10-12H,6-8H2,(H,15,16);1H2/t10-,11+,12?;. The van der Waals surface area contributed by atoms with Crippen LogP contribution in [0.1, 0.15) is 5.56 Å². The molecule has 1 aliphatic heterocycles. The zero-order valence-electron chi connectivity index (χ0n) is 9.54. The molecule has 2 aliphatic rings. The minimum atomic E-state index is -0.602. The van der Waals surface area contributed by atoms with E-state index in [2.05, 4.69) is 17.0 Å². The van der Waals surface area contributed by atoms with Crippen LogP contribution in [0, 0.1) is 17.8 Å². The molecule has 2 fully saturated rings. The summed E-state index contributed by atoms with van der Waals surface area (Å²) in [5, 5.41) is 8.92. The lowest BCUT2D eigenvalue weighted by Crippen LogP contribution is -2.25. The molecule has 1 saturated heterocycles. The first-order valence-corrected chi connectivity index (χ1v) is 5.75. The van der Waals surface area contributed by atoms with E-state index in [1.807, 2.05) is 18.2 Å². The Kier molecular flexibility index (Phi) is 3.17. The van der Waals surface area contributed by atoms with Crippen LogP contribution in [-0.2, 0) is 11.3 Å². The van der Waals surface area contributed by atoms with E-state index in [-0.39, 0.29) is 11.4 Å². The van der Waals surface area contributed by atoms with E-state index in [4.69, 9.17) is 5.11 Å². The maximum absolute atomic E-state index is 10.8. The van der Waals surface area contributed by atoms with Gasteiger partial charge >= 0.3 is 5.97 Å². The summed E-state index contributed by atoms with van der Waals surface area (Å²) in [5.41, 5.74) is 1.32. The Labute approximate surface area is 100 Å². The summed E-state index contributed by atoms with van der Waals surface area (Å²) in [6, 6.07) is 10.4. The minimum absolute atomic E-state index is 0. The number of aliphatic carboxylic acids is 1. The van der Waals surface area contributed by atoms with Gasteiger partial charge in [0.1, 0.15) is 0 Å². The minimum Gasteiger partial charge on any atom is -0.481 e. The van der Waals surface area contributed by atoms with Gasteiger partial charge in [-0.2, -0.15) is 0 Å². The Morgan fingerprint density at radius 2 is 1.82 bits per heavy atom. The van der Waals surface area contributed by atoms with Crippen LogP contribution < -0.4 is 0 Å². The summed E-state index contributed by atoms with van der Waals surface area (Å²) >= 11 is 0. The fourth-order valence-corrected chi connectivity index (χ4v) is 2.95. The van der Waals surface area contributed by atoms with Crippen molar-refractivity contribution >= 4 is 5.97 Å². The summed E-state index contributed by atoms with van der Waals surface area (Å²) in [6.45, 7) is 2.87. The zero-order valence-corrected chi connectivity index (χ0v) is 9.54. The highest BCUT2D eigenvalue weighted by molar-refractivity contribution is 5.74. The molecule has 17 heavy (non-hydrogen) atoms. The van der Waals surface area contributed by atoms with Gasteiger partial charge in [-0.3, -0.25) is 9.69 Å². The summed E-state index contributed by atoms with van der Waals surface area (Å²) < 4.78 is 0. The smallest absolute Gasteiger partial charge is 0.307 e. The second-order valence-electron chi connectivity index (χ2n) is 4.87. The summed E-state index contributed by atoms with van der Waals surface area (Å²) in [4.78, 5) is 13.2. The molecule has 0 aromatic heterocycles. The number of rotatable bonds is 3. The highest BCUT2D eigenvalue weighted by atomic mass is 16.4. The van der Waals surface area contributed by atoms with Gasteiger partial charge in [0.15, 0.2) is 0 Å². The molecule has 3 atom stereocenters. The quantitative estimate of drug-likeness (QED) is 0.835. The molecule has 0 spiro atoms. The monoisotopic (exact) mass is 235 g/mol. The Hall–Kier alpha value is -1.39. The lowest BCUT2D eigenvalue weighted by Gasteiger charge is -2.18. The van der Waals surface area contributed by atoms with E-state index in [0.29, 0.717) is 11.8 Å². The van der Waals surface area contributed by atoms with Crippen molar-refractivity contribution in [2.45, 2.75) is 6.54 Å². The van der Waals surface area contributed by atoms with Crippen LogP contribution in [-0.4, -0.2) is 34.5 Å². The van der Waals surface area contributed by atoms with E-state index in [1.54, 1.807) is 0 Å². The van der Waals surface area contributed by atoms with Gasteiger partial charge in [0.25, 0.3) is 0 Å². The molecule has 1 saturated carbocycles. The number of hydrogen-bond donors (Lipinski definition) is 1. The lowest BCUT2D eigenvalue weighted by molar-refractivity contribution is -0.139. The Morgan fingerprint density at radius 3 is 2.35 bits per heavy atom. The van der Waals surface area contributed by atoms with Crippen molar-refractivity contribution in [3.63, 3.8) is 0 Å². The fraction of sp³-hybridized carbons (Fsp3) is 0.462. The van der Waals surface area contributed by atoms with E-state index in [1.165, 1.54) is 5.56 Å². The lowest BCUT2D eigenvalue weighted by atomic mass is 10.2. The van der Waals surface area contributed by atoms with Crippen LogP contribution in [0.3, 0.4) is 0 Å². The third-order valence-electron chi connectivity index (χ3n) is 3.80. The molecule has 4 nitrogen and oxygen atoms in total. The van der Waals surface area contributed by atoms with Crippen LogP contribution in [0.25, 0.3) is 0 Å². The summed E-state index contributed by atoms with van der Waals surface area (Å²) in [7, 11) is 0. The maximum atomic E-state index is 10.8. The molecule has 1 aromatic rings. The van der Waals surface area contributed by atoms with Crippen LogP contribution in [0.15, 0.2) is 30.3 Å². The number of nitrogens with zero attached hydrogens (tertiary/aromatic N) is 1. The molecule has 92 valence electrons. The molecule has 4 heteroatoms. The van der Waals surface area contributed by atoms with Gasteiger partial charge in [0, 0.05) is 19.6 Å². The molecule has 3 rings (SSSR count). The number of piperidine rings is 1. The van der Waals surface area contributed by atoms with Crippen molar-refractivity contribution in [2.24, 2.45) is 17.8 Å². The average molecular weight is 235 g/mol. The number of carbonyl (C=O) groups is 1. The normalized spacial score (nSPS) is 30.5. The highest BCUT2D eigenvalue weighted by Crippen LogP contribution is 2.51. The molecule has 0 amide bonds. The Morgan fingerprint density at radius 1 is 1.24 bits per heavy atom. The van der Waals surface area contributed by atoms with Gasteiger partial charge in [0.05, 0.1) is 5.92 Å².